The first kappa shape index (κ1) is 25.5. The number of amides is 1. The number of nitrogens with zero attached hydrogens (tertiary/aromatic N) is 2. The number of carbonyl (C=O) groups is 1. The number of hydrogen-bond donors (Lipinski definition) is 3. The summed E-state index contributed by atoms with van der Waals surface area (Å²) in [5.74, 6) is 1.43. The smallest absolute Gasteiger partial charge is 0.221 e. The van der Waals surface area contributed by atoms with Crippen molar-refractivity contribution in [2.24, 2.45) is 4.99 Å². The SMILES string of the molecule is CN=C(NCCCN1CCCCC1C)NCCOc1cccc(NC(C)=O)c1.I. The van der Waals surface area contributed by atoms with E-state index in [4.69, 9.17) is 4.74 Å². The molecule has 1 aromatic rings. The average molecular weight is 517 g/mol. The van der Waals surface area contributed by atoms with Crippen LogP contribution < -0.4 is 20.7 Å². The first-order valence-corrected chi connectivity index (χ1v) is 10.3. The van der Waals surface area contributed by atoms with E-state index in [-0.39, 0.29) is 29.9 Å². The number of aliphatic imine (C=N–C) groups is 1. The Bertz CT molecular complexity index is 641. The summed E-state index contributed by atoms with van der Waals surface area (Å²) >= 11 is 0. The van der Waals surface area contributed by atoms with Gasteiger partial charge in [-0.15, -0.1) is 24.0 Å². The molecule has 1 unspecified atom stereocenters. The van der Waals surface area contributed by atoms with Gasteiger partial charge in [0.05, 0.1) is 6.54 Å². The molecular weight excluding hydrogens is 481 g/mol. The van der Waals surface area contributed by atoms with Crippen LogP contribution in [0.1, 0.15) is 39.5 Å². The highest BCUT2D eigenvalue weighted by Gasteiger charge is 2.17. The molecular formula is C21H36IN5O2. The lowest BCUT2D eigenvalue weighted by molar-refractivity contribution is -0.114. The van der Waals surface area contributed by atoms with E-state index in [1.54, 1.807) is 7.05 Å². The lowest BCUT2D eigenvalue weighted by Gasteiger charge is -2.33. The van der Waals surface area contributed by atoms with E-state index in [2.05, 4.69) is 32.8 Å². The summed E-state index contributed by atoms with van der Waals surface area (Å²) in [7, 11) is 1.78. The number of nitrogens with one attached hydrogen (secondary N) is 3. The molecule has 164 valence electrons. The van der Waals surface area contributed by atoms with Gasteiger partial charge in [0.1, 0.15) is 12.4 Å². The Labute approximate surface area is 192 Å². The van der Waals surface area contributed by atoms with Gasteiger partial charge in [0.2, 0.25) is 5.91 Å². The van der Waals surface area contributed by atoms with Crippen molar-refractivity contribution >= 4 is 41.5 Å². The van der Waals surface area contributed by atoms with Crippen molar-refractivity contribution in [2.45, 2.75) is 45.6 Å². The molecule has 1 fully saturated rings. The van der Waals surface area contributed by atoms with E-state index < -0.39 is 0 Å². The minimum absolute atomic E-state index is 0. The van der Waals surface area contributed by atoms with Gasteiger partial charge < -0.3 is 25.6 Å². The van der Waals surface area contributed by atoms with Crippen molar-refractivity contribution in [1.29, 1.82) is 0 Å². The first-order valence-electron chi connectivity index (χ1n) is 10.3. The molecule has 0 bridgehead atoms. The molecule has 3 N–H and O–H groups in total. The van der Waals surface area contributed by atoms with Crippen LogP contribution in [0.5, 0.6) is 5.75 Å². The van der Waals surface area contributed by atoms with Crippen molar-refractivity contribution in [3.8, 4) is 5.75 Å². The summed E-state index contributed by atoms with van der Waals surface area (Å²) in [6.07, 6.45) is 5.13. The fourth-order valence-electron chi connectivity index (χ4n) is 3.40. The maximum Gasteiger partial charge on any atom is 0.221 e. The molecule has 7 nitrogen and oxygen atoms in total. The summed E-state index contributed by atoms with van der Waals surface area (Å²) in [5.41, 5.74) is 0.735. The second kappa shape index (κ2) is 14.4. The molecule has 0 aliphatic carbocycles. The summed E-state index contributed by atoms with van der Waals surface area (Å²) in [6.45, 7) is 8.25. The maximum atomic E-state index is 11.1. The highest BCUT2D eigenvalue weighted by Crippen LogP contribution is 2.17. The third-order valence-corrected chi connectivity index (χ3v) is 4.90. The van der Waals surface area contributed by atoms with Crippen molar-refractivity contribution < 1.29 is 9.53 Å². The van der Waals surface area contributed by atoms with Gasteiger partial charge in [-0.25, -0.2) is 0 Å². The van der Waals surface area contributed by atoms with Crippen LogP contribution >= 0.6 is 24.0 Å². The first-order chi connectivity index (χ1) is 13.6. The number of ether oxygens (including phenoxy) is 1. The van der Waals surface area contributed by atoms with Gasteiger partial charge in [-0.2, -0.15) is 0 Å². The van der Waals surface area contributed by atoms with Gasteiger partial charge in [-0.3, -0.25) is 9.79 Å². The Balaban J connectivity index is 0.00000420. The lowest BCUT2D eigenvalue weighted by Crippen LogP contribution is -2.42. The zero-order valence-electron chi connectivity index (χ0n) is 17.9. The van der Waals surface area contributed by atoms with E-state index in [9.17, 15) is 4.79 Å². The van der Waals surface area contributed by atoms with Crippen molar-refractivity contribution in [2.75, 3.05) is 45.2 Å². The summed E-state index contributed by atoms with van der Waals surface area (Å²) in [5, 5.41) is 9.38. The van der Waals surface area contributed by atoms with Crippen LogP contribution in [0, 0.1) is 0 Å². The Morgan fingerprint density at radius 1 is 1.28 bits per heavy atom. The monoisotopic (exact) mass is 517 g/mol. The molecule has 1 aromatic carbocycles. The molecule has 8 heteroatoms. The second-order valence-electron chi connectivity index (χ2n) is 7.22. The van der Waals surface area contributed by atoms with Gasteiger partial charge in [-0.1, -0.05) is 12.5 Å². The molecule has 0 aromatic heterocycles. The van der Waals surface area contributed by atoms with Crippen LogP contribution in [0.3, 0.4) is 0 Å². The van der Waals surface area contributed by atoms with Gasteiger partial charge >= 0.3 is 0 Å². The summed E-state index contributed by atoms with van der Waals surface area (Å²) in [4.78, 5) is 18.0. The average Bonchev–Trinajstić information content (AvgIpc) is 2.68. The molecule has 1 amide bonds. The third-order valence-electron chi connectivity index (χ3n) is 4.90. The Kier molecular flexibility index (Phi) is 12.7. The Morgan fingerprint density at radius 2 is 2.07 bits per heavy atom. The van der Waals surface area contributed by atoms with Crippen LogP contribution in [0.2, 0.25) is 0 Å². The number of hydrogen-bond acceptors (Lipinski definition) is 4. The number of halogens is 1. The highest BCUT2D eigenvalue weighted by molar-refractivity contribution is 14.0. The predicted molar refractivity (Wildman–Crippen MR) is 131 cm³/mol. The molecule has 0 radical (unpaired) electrons. The third kappa shape index (κ3) is 10.2. The van der Waals surface area contributed by atoms with E-state index in [0.717, 1.165) is 36.9 Å². The molecule has 29 heavy (non-hydrogen) atoms. The number of benzene rings is 1. The zero-order valence-corrected chi connectivity index (χ0v) is 20.2. The van der Waals surface area contributed by atoms with E-state index in [0.29, 0.717) is 19.2 Å². The van der Waals surface area contributed by atoms with Gasteiger partial charge in [0.25, 0.3) is 0 Å². The molecule has 1 aliphatic heterocycles. The number of guanidine groups is 1. The quantitative estimate of drug-likeness (QED) is 0.203. The number of rotatable bonds is 9. The number of likely N-dealkylation sites (tertiary alicyclic amines) is 1. The minimum atomic E-state index is -0.0940. The van der Waals surface area contributed by atoms with E-state index in [1.165, 1.54) is 32.7 Å². The molecule has 1 atom stereocenters. The highest BCUT2D eigenvalue weighted by atomic mass is 127. The standard InChI is InChI=1S/C21H35N5O2.HI/c1-17-8-4-5-13-26(17)14-7-11-23-21(22-3)24-12-15-28-20-10-6-9-19(16-20)25-18(2)27;/h6,9-10,16-17H,4-5,7-8,11-15H2,1-3H3,(H,25,27)(H2,22,23,24);1H. The summed E-state index contributed by atoms with van der Waals surface area (Å²) in [6, 6.07) is 8.10. The Morgan fingerprint density at radius 3 is 2.79 bits per heavy atom. The zero-order chi connectivity index (χ0) is 20.2. The molecule has 1 saturated heterocycles. The van der Waals surface area contributed by atoms with Crippen LogP contribution in [0.15, 0.2) is 29.3 Å². The fraction of sp³-hybridized carbons (Fsp3) is 0.619. The van der Waals surface area contributed by atoms with Crippen molar-refractivity contribution in [3.05, 3.63) is 24.3 Å². The number of anilines is 1. The van der Waals surface area contributed by atoms with Crippen LogP contribution in [0.25, 0.3) is 0 Å². The largest absolute Gasteiger partial charge is 0.492 e. The normalized spacial score (nSPS) is 17.2. The van der Waals surface area contributed by atoms with Crippen LogP contribution in [0.4, 0.5) is 5.69 Å². The fourth-order valence-corrected chi connectivity index (χ4v) is 3.40. The maximum absolute atomic E-state index is 11.1. The van der Waals surface area contributed by atoms with Gasteiger partial charge in [0, 0.05) is 44.9 Å². The molecule has 2 rings (SSSR count). The van der Waals surface area contributed by atoms with E-state index >= 15 is 0 Å². The molecule has 1 heterocycles. The van der Waals surface area contributed by atoms with Gasteiger partial charge in [-0.05, 0) is 44.9 Å². The minimum Gasteiger partial charge on any atom is -0.492 e. The predicted octanol–water partition coefficient (Wildman–Crippen LogP) is 3.07. The number of carbonyl (C=O) groups excluding carboxylic acids is 1. The van der Waals surface area contributed by atoms with Crippen molar-refractivity contribution in [1.82, 2.24) is 15.5 Å². The topological polar surface area (TPSA) is 78.0 Å². The van der Waals surface area contributed by atoms with E-state index in [1.807, 2.05) is 24.3 Å². The molecule has 0 saturated carbocycles. The van der Waals surface area contributed by atoms with Crippen molar-refractivity contribution in [3.63, 3.8) is 0 Å². The summed E-state index contributed by atoms with van der Waals surface area (Å²) < 4.78 is 5.74. The van der Waals surface area contributed by atoms with Gasteiger partial charge in [0.15, 0.2) is 5.96 Å². The van der Waals surface area contributed by atoms with Crippen LogP contribution in [-0.2, 0) is 4.79 Å². The van der Waals surface area contributed by atoms with Crippen LogP contribution in [-0.4, -0.2) is 62.6 Å². The molecule has 1 aliphatic rings. The Hall–Kier alpha value is -1.55. The second-order valence-corrected chi connectivity index (χ2v) is 7.22. The molecule has 0 spiro atoms. The number of piperidine rings is 1. The lowest BCUT2D eigenvalue weighted by atomic mass is 10.0.